The number of nitrogens with one attached hydrogen (secondary N) is 1. The lowest BCUT2D eigenvalue weighted by molar-refractivity contribution is -0.142. The Labute approximate surface area is 196 Å². The van der Waals surface area contributed by atoms with Crippen LogP contribution in [0, 0.1) is 18.8 Å². The number of hydrogen-bond donors (Lipinski definition) is 2. The summed E-state index contributed by atoms with van der Waals surface area (Å²) in [4.78, 5) is 29.6. The van der Waals surface area contributed by atoms with Crippen molar-refractivity contribution in [3.05, 3.63) is 77.9 Å². The third kappa shape index (κ3) is 4.26. The van der Waals surface area contributed by atoms with E-state index in [-0.39, 0.29) is 5.78 Å². The van der Waals surface area contributed by atoms with Gasteiger partial charge in [-0.2, -0.15) is 0 Å². The topological polar surface area (TPSA) is 79.3 Å². The van der Waals surface area contributed by atoms with Crippen molar-refractivity contribution < 1.29 is 14.7 Å². The average Bonchev–Trinajstić information content (AvgIpc) is 3.46. The third-order valence-corrected chi connectivity index (χ3v) is 7.28. The van der Waals surface area contributed by atoms with E-state index >= 15 is 0 Å². The minimum absolute atomic E-state index is 0.0949. The Bertz CT molecular complexity index is 1350. The van der Waals surface area contributed by atoms with Gasteiger partial charge >= 0.3 is 5.97 Å². The standard InChI is InChI=1S/C27H24N2O3S/c1-16-10-13-22-24(14-16)33-27(28-22)29-23-15-18(11-12-19(23)17-6-3-2-4-7-17)25(30)20-8-5-9-21(20)26(31)32/h2-4,6-7,10-15,20-21H,5,8-9H2,1H3,(H,28,29)(H,31,32)/t20-,21-/m1/s1. The molecule has 2 atom stereocenters. The van der Waals surface area contributed by atoms with Crippen LogP contribution in [0.25, 0.3) is 21.3 Å². The largest absolute Gasteiger partial charge is 0.481 e. The van der Waals surface area contributed by atoms with Crippen LogP contribution in [0.5, 0.6) is 0 Å². The molecule has 0 saturated heterocycles. The summed E-state index contributed by atoms with van der Waals surface area (Å²) in [6.45, 7) is 2.06. The first-order chi connectivity index (χ1) is 16.0. The van der Waals surface area contributed by atoms with Gasteiger partial charge in [-0.15, -0.1) is 0 Å². The number of carbonyl (C=O) groups is 2. The van der Waals surface area contributed by atoms with Gasteiger partial charge in [0.2, 0.25) is 0 Å². The molecule has 3 aromatic carbocycles. The van der Waals surface area contributed by atoms with Crippen molar-refractivity contribution in [1.82, 2.24) is 4.98 Å². The number of fused-ring (bicyclic) bond motifs is 1. The van der Waals surface area contributed by atoms with Crippen LogP contribution >= 0.6 is 11.3 Å². The molecule has 0 spiro atoms. The number of aromatic nitrogens is 1. The van der Waals surface area contributed by atoms with Crippen molar-refractivity contribution in [3.8, 4) is 11.1 Å². The molecule has 0 bridgehead atoms. The molecule has 1 heterocycles. The smallest absolute Gasteiger partial charge is 0.307 e. The minimum Gasteiger partial charge on any atom is -0.481 e. The summed E-state index contributed by atoms with van der Waals surface area (Å²) in [6, 6.07) is 21.8. The lowest BCUT2D eigenvalue weighted by Crippen LogP contribution is -2.25. The van der Waals surface area contributed by atoms with Gasteiger partial charge in [0.25, 0.3) is 0 Å². The predicted molar refractivity (Wildman–Crippen MR) is 132 cm³/mol. The van der Waals surface area contributed by atoms with Crippen molar-refractivity contribution in [1.29, 1.82) is 0 Å². The molecule has 0 radical (unpaired) electrons. The predicted octanol–water partition coefficient (Wildman–Crippen LogP) is 6.70. The summed E-state index contributed by atoms with van der Waals surface area (Å²) in [6.07, 6.45) is 1.95. The fraction of sp³-hybridized carbons (Fsp3) is 0.222. The van der Waals surface area contributed by atoms with E-state index in [1.165, 1.54) is 5.56 Å². The number of benzene rings is 3. The van der Waals surface area contributed by atoms with Crippen LogP contribution in [-0.4, -0.2) is 21.8 Å². The van der Waals surface area contributed by atoms with Gasteiger partial charge in [-0.25, -0.2) is 4.98 Å². The summed E-state index contributed by atoms with van der Waals surface area (Å²) >= 11 is 1.57. The number of carboxylic acid groups (broad SMARTS) is 1. The van der Waals surface area contributed by atoms with E-state index in [0.29, 0.717) is 18.4 Å². The SMILES string of the molecule is Cc1ccc2nc(Nc3cc(C(=O)[C@@H]4CCC[C@H]4C(=O)O)ccc3-c3ccccc3)sc2c1. The van der Waals surface area contributed by atoms with E-state index in [9.17, 15) is 14.7 Å². The molecule has 6 heteroatoms. The molecule has 0 amide bonds. The van der Waals surface area contributed by atoms with E-state index in [1.807, 2.05) is 60.7 Å². The highest BCUT2D eigenvalue weighted by Gasteiger charge is 2.38. The molecule has 1 aromatic heterocycles. The normalized spacial score (nSPS) is 17.8. The van der Waals surface area contributed by atoms with Gasteiger partial charge in [0.05, 0.1) is 16.1 Å². The zero-order chi connectivity index (χ0) is 22.9. The summed E-state index contributed by atoms with van der Waals surface area (Å²) in [5.41, 5.74) is 5.42. The molecule has 0 unspecified atom stereocenters. The first-order valence-corrected chi connectivity index (χ1v) is 11.9. The first kappa shape index (κ1) is 21.3. The number of aliphatic carboxylic acids is 1. The van der Waals surface area contributed by atoms with E-state index in [2.05, 4.69) is 18.3 Å². The number of nitrogens with zero attached hydrogens (tertiary/aromatic N) is 1. The van der Waals surface area contributed by atoms with Crippen LogP contribution in [0.3, 0.4) is 0 Å². The van der Waals surface area contributed by atoms with Gasteiger partial charge < -0.3 is 10.4 Å². The highest BCUT2D eigenvalue weighted by atomic mass is 32.1. The van der Waals surface area contributed by atoms with Crippen molar-refractivity contribution in [2.75, 3.05) is 5.32 Å². The van der Waals surface area contributed by atoms with Gasteiger partial charge in [0, 0.05) is 22.7 Å². The molecule has 1 fully saturated rings. The van der Waals surface area contributed by atoms with Gasteiger partial charge in [-0.05, 0) is 49.1 Å². The number of rotatable bonds is 6. The molecule has 166 valence electrons. The number of aryl methyl sites for hydroxylation is 1. The van der Waals surface area contributed by atoms with Gasteiger partial charge in [0.1, 0.15) is 0 Å². The molecule has 5 nitrogen and oxygen atoms in total. The monoisotopic (exact) mass is 456 g/mol. The molecular formula is C27H24N2O3S. The van der Waals surface area contributed by atoms with Crippen molar-refractivity contribution in [2.45, 2.75) is 26.2 Å². The molecule has 1 aliphatic carbocycles. The second-order valence-corrected chi connectivity index (χ2v) is 9.62. The molecule has 5 rings (SSSR count). The van der Waals surface area contributed by atoms with E-state index in [1.54, 1.807) is 11.3 Å². The highest BCUT2D eigenvalue weighted by Crippen LogP contribution is 2.38. The van der Waals surface area contributed by atoms with E-state index < -0.39 is 17.8 Å². The maximum absolute atomic E-state index is 13.3. The maximum Gasteiger partial charge on any atom is 0.307 e. The fourth-order valence-electron chi connectivity index (χ4n) is 4.65. The number of hydrogen-bond acceptors (Lipinski definition) is 5. The Balaban J connectivity index is 1.54. The second kappa shape index (κ2) is 8.79. The zero-order valence-electron chi connectivity index (χ0n) is 18.2. The molecule has 0 aliphatic heterocycles. The summed E-state index contributed by atoms with van der Waals surface area (Å²) in [7, 11) is 0. The van der Waals surface area contributed by atoms with Gasteiger partial charge in [-0.1, -0.05) is 66.3 Å². The number of Topliss-reactive ketones (excluding diaryl/α,β-unsaturated/α-hetero) is 1. The number of thiazole rings is 1. The fourth-order valence-corrected chi connectivity index (χ4v) is 5.63. The molecule has 2 N–H and O–H groups in total. The van der Waals surface area contributed by atoms with Crippen LogP contribution in [0.1, 0.15) is 35.2 Å². The molecule has 4 aromatic rings. The van der Waals surface area contributed by atoms with Crippen LogP contribution in [0.4, 0.5) is 10.8 Å². The number of ketones is 1. The van der Waals surface area contributed by atoms with E-state index in [4.69, 9.17) is 4.98 Å². The summed E-state index contributed by atoms with van der Waals surface area (Å²) < 4.78 is 1.10. The number of carbonyl (C=O) groups excluding carboxylic acids is 1. The molecule has 1 saturated carbocycles. The van der Waals surface area contributed by atoms with Gasteiger partial charge in [-0.3, -0.25) is 9.59 Å². The summed E-state index contributed by atoms with van der Waals surface area (Å²) in [5, 5.41) is 13.7. The summed E-state index contributed by atoms with van der Waals surface area (Å²) in [5.74, 6) is -2.05. The Kier molecular flexibility index (Phi) is 5.68. The van der Waals surface area contributed by atoms with Crippen LogP contribution in [0.15, 0.2) is 66.7 Å². The number of carboxylic acids is 1. The van der Waals surface area contributed by atoms with Crippen molar-refractivity contribution in [2.24, 2.45) is 11.8 Å². The Hall–Kier alpha value is -3.51. The minimum atomic E-state index is -0.880. The molecular weight excluding hydrogens is 432 g/mol. The number of anilines is 2. The average molecular weight is 457 g/mol. The van der Waals surface area contributed by atoms with E-state index in [0.717, 1.165) is 38.6 Å². The quantitative estimate of drug-likeness (QED) is 0.316. The Morgan fingerprint density at radius 3 is 2.58 bits per heavy atom. The van der Waals surface area contributed by atoms with Gasteiger partial charge in [0.15, 0.2) is 10.9 Å². The molecule has 1 aliphatic rings. The van der Waals surface area contributed by atoms with Crippen LogP contribution in [-0.2, 0) is 4.79 Å². The Morgan fingerprint density at radius 2 is 1.79 bits per heavy atom. The van der Waals surface area contributed by atoms with Crippen molar-refractivity contribution >= 4 is 44.1 Å². The first-order valence-electron chi connectivity index (χ1n) is 11.1. The highest BCUT2D eigenvalue weighted by molar-refractivity contribution is 7.22. The van der Waals surface area contributed by atoms with Crippen LogP contribution in [0.2, 0.25) is 0 Å². The zero-order valence-corrected chi connectivity index (χ0v) is 19.1. The van der Waals surface area contributed by atoms with Crippen molar-refractivity contribution in [3.63, 3.8) is 0 Å². The lowest BCUT2D eigenvalue weighted by Gasteiger charge is -2.17. The third-order valence-electron chi connectivity index (χ3n) is 6.34. The van der Waals surface area contributed by atoms with Crippen LogP contribution < -0.4 is 5.32 Å². The maximum atomic E-state index is 13.3. The lowest BCUT2D eigenvalue weighted by atomic mass is 9.87. The Morgan fingerprint density at radius 1 is 1.00 bits per heavy atom. The second-order valence-electron chi connectivity index (χ2n) is 8.59. The molecule has 33 heavy (non-hydrogen) atoms.